The number of aryl methyl sites for hydroxylation is 1. The molecule has 4 rings (SSSR count). The van der Waals surface area contributed by atoms with Gasteiger partial charge in [-0.2, -0.15) is 0 Å². The van der Waals surface area contributed by atoms with E-state index >= 15 is 0 Å². The quantitative estimate of drug-likeness (QED) is 0.503. The van der Waals surface area contributed by atoms with Gasteiger partial charge in [0, 0.05) is 16.1 Å². The van der Waals surface area contributed by atoms with Gasteiger partial charge in [0.05, 0.1) is 26.9 Å². The van der Waals surface area contributed by atoms with E-state index in [0.717, 1.165) is 36.1 Å². The van der Waals surface area contributed by atoms with Crippen molar-refractivity contribution in [1.82, 2.24) is 0 Å². The van der Waals surface area contributed by atoms with E-state index in [4.69, 9.17) is 14.2 Å². The molecular weight excluding hydrogens is 440 g/mol. The maximum atomic E-state index is 13.3. The van der Waals surface area contributed by atoms with Crippen molar-refractivity contribution in [2.24, 2.45) is 0 Å². The summed E-state index contributed by atoms with van der Waals surface area (Å²) in [5, 5.41) is 6.47. The number of fused-ring (bicyclic) bond motifs is 1. The fourth-order valence-electron chi connectivity index (χ4n) is 4.00. The number of anilines is 2. The second-order valence-corrected chi connectivity index (χ2v) is 8.71. The zero-order valence-electron chi connectivity index (χ0n) is 18.8. The first kappa shape index (κ1) is 22.7. The van der Waals surface area contributed by atoms with Crippen molar-refractivity contribution in [3.8, 4) is 17.2 Å². The van der Waals surface area contributed by atoms with Crippen LogP contribution in [0.5, 0.6) is 17.2 Å². The van der Waals surface area contributed by atoms with Gasteiger partial charge in [-0.15, -0.1) is 11.3 Å². The maximum absolute atomic E-state index is 13.3. The molecule has 3 aromatic rings. The lowest BCUT2D eigenvalue weighted by Gasteiger charge is -2.15. The van der Waals surface area contributed by atoms with Crippen LogP contribution in [0.4, 0.5) is 10.7 Å². The molecule has 7 nitrogen and oxygen atoms in total. The summed E-state index contributed by atoms with van der Waals surface area (Å²) in [6.45, 7) is 0. The van der Waals surface area contributed by atoms with E-state index in [0.29, 0.717) is 39.1 Å². The van der Waals surface area contributed by atoms with Gasteiger partial charge < -0.3 is 24.8 Å². The first-order valence-corrected chi connectivity index (χ1v) is 11.5. The van der Waals surface area contributed by atoms with Crippen LogP contribution in [-0.4, -0.2) is 33.1 Å². The molecule has 0 bridgehead atoms. The van der Waals surface area contributed by atoms with Crippen LogP contribution in [0.15, 0.2) is 42.5 Å². The number of ether oxygens (including phenoxy) is 3. The lowest BCUT2D eigenvalue weighted by Crippen LogP contribution is -2.18. The Morgan fingerprint density at radius 1 is 0.848 bits per heavy atom. The lowest BCUT2D eigenvalue weighted by atomic mass is 9.95. The Hall–Kier alpha value is -3.52. The van der Waals surface area contributed by atoms with Gasteiger partial charge in [0.15, 0.2) is 11.5 Å². The van der Waals surface area contributed by atoms with Gasteiger partial charge in [-0.05, 0) is 55.5 Å². The molecule has 0 spiro atoms. The average Bonchev–Trinajstić information content (AvgIpc) is 3.21. The molecule has 0 saturated heterocycles. The van der Waals surface area contributed by atoms with Crippen molar-refractivity contribution >= 4 is 33.8 Å². The molecule has 33 heavy (non-hydrogen) atoms. The Bertz CT molecular complexity index is 1150. The highest BCUT2D eigenvalue weighted by Crippen LogP contribution is 2.41. The molecule has 0 atom stereocenters. The molecule has 0 aliphatic heterocycles. The highest BCUT2D eigenvalue weighted by Gasteiger charge is 2.27. The number of methoxy groups -OCH3 is 3. The summed E-state index contributed by atoms with van der Waals surface area (Å²) in [5.41, 5.74) is 2.62. The molecule has 2 N–H and O–H groups in total. The van der Waals surface area contributed by atoms with Crippen molar-refractivity contribution in [2.75, 3.05) is 32.0 Å². The number of carbonyl (C=O) groups is 2. The standard InChI is InChI=1S/C25H26N2O5S/c1-30-18-13-15(14-19(31-2)22(18)32-3)23(28)27-25-21(17-11-7-8-12-20(17)33-25)24(29)26-16-9-5-4-6-10-16/h4-6,9-10,13-14H,7-8,11-12H2,1-3H3,(H,26,29)(H,27,28). The predicted octanol–water partition coefficient (Wildman–Crippen LogP) is 5.16. The minimum Gasteiger partial charge on any atom is -0.493 e. The fourth-order valence-corrected chi connectivity index (χ4v) is 5.28. The van der Waals surface area contributed by atoms with E-state index in [1.54, 1.807) is 12.1 Å². The van der Waals surface area contributed by atoms with Crippen molar-refractivity contribution in [3.63, 3.8) is 0 Å². The van der Waals surface area contributed by atoms with Crippen LogP contribution in [0.1, 0.15) is 44.0 Å². The summed E-state index contributed by atoms with van der Waals surface area (Å²) in [6.07, 6.45) is 3.83. The van der Waals surface area contributed by atoms with E-state index in [2.05, 4.69) is 10.6 Å². The Balaban J connectivity index is 1.67. The molecule has 1 aliphatic rings. The lowest BCUT2D eigenvalue weighted by molar-refractivity contribution is 0.102. The van der Waals surface area contributed by atoms with Crippen LogP contribution in [0.2, 0.25) is 0 Å². The van der Waals surface area contributed by atoms with E-state index in [-0.39, 0.29) is 11.8 Å². The minimum atomic E-state index is -0.360. The second-order valence-electron chi connectivity index (χ2n) is 7.60. The normalized spacial score (nSPS) is 12.5. The SMILES string of the molecule is COc1cc(C(=O)Nc2sc3c(c2C(=O)Nc2ccccc2)CCCC3)cc(OC)c1OC. The van der Waals surface area contributed by atoms with Gasteiger partial charge in [0.1, 0.15) is 5.00 Å². The largest absolute Gasteiger partial charge is 0.493 e. The number of carbonyl (C=O) groups excluding carboxylic acids is 2. The Labute approximate surface area is 196 Å². The number of hydrogen-bond acceptors (Lipinski definition) is 6. The number of amides is 2. The summed E-state index contributed by atoms with van der Waals surface area (Å²) < 4.78 is 16.1. The molecule has 1 heterocycles. The van der Waals surface area contributed by atoms with Gasteiger partial charge in [-0.3, -0.25) is 9.59 Å². The first-order chi connectivity index (χ1) is 16.0. The number of rotatable bonds is 7. The molecule has 0 unspecified atom stereocenters. The highest BCUT2D eigenvalue weighted by molar-refractivity contribution is 7.17. The highest BCUT2D eigenvalue weighted by atomic mass is 32.1. The van der Waals surface area contributed by atoms with Gasteiger partial charge in [0.25, 0.3) is 11.8 Å². The van der Waals surface area contributed by atoms with Crippen molar-refractivity contribution < 1.29 is 23.8 Å². The van der Waals surface area contributed by atoms with Crippen LogP contribution in [0.25, 0.3) is 0 Å². The van der Waals surface area contributed by atoms with E-state index in [1.165, 1.54) is 32.7 Å². The van der Waals surface area contributed by atoms with Gasteiger partial charge in [-0.25, -0.2) is 0 Å². The summed E-state index contributed by atoms with van der Waals surface area (Å²) in [5.74, 6) is 0.595. The molecule has 172 valence electrons. The molecule has 1 aliphatic carbocycles. The zero-order valence-corrected chi connectivity index (χ0v) is 19.6. The molecule has 8 heteroatoms. The monoisotopic (exact) mass is 466 g/mol. The molecule has 1 aromatic heterocycles. The van der Waals surface area contributed by atoms with Crippen molar-refractivity contribution in [3.05, 3.63) is 64.0 Å². The molecule has 0 fully saturated rings. The topological polar surface area (TPSA) is 85.9 Å². The van der Waals surface area contributed by atoms with Crippen LogP contribution in [0, 0.1) is 0 Å². The number of hydrogen-bond donors (Lipinski definition) is 2. The number of thiophene rings is 1. The van der Waals surface area contributed by atoms with Crippen LogP contribution in [-0.2, 0) is 12.8 Å². The van der Waals surface area contributed by atoms with E-state index in [9.17, 15) is 9.59 Å². The molecule has 0 saturated carbocycles. The van der Waals surface area contributed by atoms with Crippen LogP contribution in [0.3, 0.4) is 0 Å². The van der Waals surface area contributed by atoms with E-state index < -0.39 is 0 Å². The fraction of sp³-hybridized carbons (Fsp3) is 0.280. The molecule has 2 amide bonds. The van der Waals surface area contributed by atoms with Crippen molar-refractivity contribution in [1.29, 1.82) is 0 Å². The average molecular weight is 467 g/mol. The predicted molar refractivity (Wildman–Crippen MR) is 129 cm³/mol. The molecular formula is C25H26N2O5S. The van der Waals surface area contributed by atoms with Gasteiger partial charge in [-0.1, -0.05) is 18.2 Å². The third-order valence-electron chi connectivity index (χ3n) is 5.58. The summed E-state index contributed by atoms with van der Waals surface area (Å²) in [4.78, 5) is 27.6. The first-order valence-electron chi connectivity index (χ1n) is 10.7. The van der Waals surface area contributed by atoms with E-state index in [1.807, 2.05) is 30.3 Å². The molecule has 2 aromatic carbocycles. The second kappa shape index (κ2) is 9.95. The summed E-state index contributed by atoms with van der Waals surface area (Å²) in [6, 6.07) is 12.5. The van der Waals surface area contributed by atoms with Gasteiger partial charge in [0.2, 0.25) is 5.75 Å². The third kappa shape index (κ3) is 4.66. The van der Waals surface area contributed by atoms with Crippen LogP contribution < -0.4 is 24.8 Å². The zero-order chi connectivity index (χ0) is 23.4. The Morgan fingerprint density at radius 3 is 2.15 bits per heavy atom. The van der Waals surface area contributed by atoms with Crippen LogP contribution >= 0.6 is 11.3 Å². The maximum Gasteiger partial charge on any atom is 0.258 e. The number of para-hydroxylation sites is 1. The number of benzene rings is 2. The number of nitrogens with one attached hydrogen (secondary N) is 2. The summed E-state index contributed by atoms with van der Waals surface area (Å²) >= 11 is 1.47. The van der Waals surface area contributed by atoms with Gasteiger partial charge >= 0.3 is 0 Å². The Morgan fingerprint density at radius 2 is 1.52 bits per heavy atom. The Kier molecular flexibility index (Phi) is 6.84. The minimum absolute atomic E-state index is 0.221. The third-order valence-corrected chi connectivity index (χ3v) is 6.79. The summed E-state index contributed by atoms with van der Waals surface area (Å²) in [7, 11) is 4.50. The molecule has 0 radical (unpaired) electrons. The smallest absolute Gasteiger partial charge is 0.258 e. The van der Waals surface area contributed by atoms with Crippen molar-refractivity contribution in [2.45, 2.75) is 25.7 Å².